The van der Waals surface area contributed by atoms with E-state index in [1.807, 2.05) is 31.2 Å². The number of hydrogen-bond donors (Lipinski definition) is 0. The molecule has 0 saturated heterocycles. The van der Waals surface area contributed by atoms with Gasteiger partial charge in [-0.25, -0.2) is 9.80 Å². The number of amides is 4. The van der Waals surface area contributed by atoms with E-state index in [0.29, 0.717) is 29.3 Å². The first kappa shape index (κ1) is 24.3. The first-order chi connectivity index (χ1) is 15.6. The minimum atomic E-state index is -0.398. The van der Waals surface area contributed by atoms with Crippen LogP contribution in [0.4, 0.5) is 11.4 Å². The fraction of sp³-hybridized carbons (Fsp3) is 0.130. The Morgan fingerprint density at radius 3 is 1.12 bits per heavy atom. The van der Waals surface area contributed by atoms with Crippen LogP contribution in [0, 0.1) is 0 Å². The molecule has 2 aliphatic rings. The standard InChI is InChI=1S/C23H14Br4N2O4/c1-2-13(11-7-14(24)22(15(25)8-11)28-18(30)3-4-19(28)31)12-9-16(26)23(17(27)10-12)29-20(32)5-6-21(29)33/h3-10,13H,2H2,1H3. The molecule has 0 unspecified atom stereocenters. The van der Waals surface area contributed by atoms with E-state index in [4.69, 9.17) is 0 Å². The first-order valence-corrected chi connectivity index (χ1v) is 12.9. The molecule has 168 valence electrons. The van der Waals surface area contributed by atoms with Gasteiger partial charge in [0.15, 0.2) is 0 Å². The maximum absolute atomic E-state index is 12.2. The van der Waals surface area contributed by atoms with Crippen LogP contribution in [-0.4, -0.2) is 23.6 Å². The van der Waals surface area contributed by atoms with Gasteiger partial charge in [0.05, 0.1) is 11.4 Å². The van der Waals surface area contributed by atoms with Crippen LogP contribution in [0.5, 0.6) is 0 Å². The number of benzene rings is 2. The van der Waals surface area contributed by atoms with Crippen LogP contribution >= 0.6 is 63.7 Å². The van der Waals surface area contributed by atoms with Crippen molar-refractivity contribution >= 4 is 98.7 Å². The van der Waals surface area contributed by atoms with Crippen molar-refractivity contribution in [3.8, 4) is 0 Å². The van der Waals surface area contributed by atoms with Gasteiger partial charge in [0.2, 0.25) is 0 Å². The molecular weight excluding hydrogens is 688 g/mol. The third kappa shape index (κ3) is 4.34. The van der Waals surface area contributed by atoms with Crippen molar-refractivity contribution in [2.45, 2.75) is 19.3 Å². The molecule has 2 aromatic rings. The van der Waals surface area contributed by atoms with E-state index in [9.17, 15) is 19.2 Å². The molecule has 0 atom stereocenters. The Balaban J connectivity index is 1.74. The van der Waals surface area contributed by atoms with Crippen LogP contribution in [-0.2, 0) is 19.2 Å². The predicted octanol–water partition coefficient (Wildman–Crippen LogP) is 6.14. The van der Waals surface area contributed by atoms with Gasteiger partial charge in [-0.1, -0.05) is 6.92 Å². The fourth-order valence-electron chi connectivity index (χ4n) is 3.90. The molecule has 2 aromatic carbocycles. The summed E-state index contributed by atoms with van der Waals surface area (Å²) in [7, 11) is 0. The van der Waals surface area contributed by atoms with Crippen LogP contribution in [0.2, 0.25) is 0 Å². The summed E-state index contributed by atoms with van der Waals surface area (Å²) in [6.07, 6.45) is 5.72. The zero-order valence-corrected chi connectivity index (χ0v) is 23.3. The SMILES string of the molecule is CCC(c1cc(Br)c(N2C(=O)C=CC2=O)c(Br)c1)c1cc(Br)c(N2C(=O)C=CC2=O)c(Br)c1. The van der Waals surface area contributed by atoms with E-state index in [1.165, 1.54) is 24.3 Å². The number of carbonyl (C=O) groups is 4. The highest BCUT2D eigenvalue weighted by Crippen LogP contribution is 2.44. The normalized spacial score (nSPS) is 15.7. The molecule has 0 radical (unpaired) electrons. The molecule has 2 aliphatic heterocycles. The lowest BCUT2D eigenvalue weighted by Gasteiger charge is -2.24. The van der Waals surface area contributed by atoms with Crippen LogP contribution < -0.4 is 9.80 Å². The molecule has 4 amide bonds. The Labute approximate surface area is 223 Å². The second-order valence-electron chi connectivity index (χ2n) is 7.32. The number of halogens is 4. The van der Waals surface area contributed by atoms with Crippen molar-refractivity contribution in [2.75, 3.05) is 9.80 Å². The lowest BCUT2D eigenvalue weighted by Crippen LogP contribution is -2.30. The van der Waals surface area contributed by atoms with E-state index in [0.717, 1.165) is 27.3 Å². The van der Waals surface area contributed by atoms with Gasteiger partial charge in [0.1, 0.15) is 0 Å². The van der Waals surface area contributed by atoms with E-state index < -0.39 is 23.6 Å². The molecule has 33 heavy (non-hydrogen) atoms. The maximum Gasteiger partial charge on any atom is 0.258 e. The summed E-state index contributed by atoms with van der Waals surface area (Å²) in [5.74, 6) is -1.63. The van der Waals surface area contributed by atoms with Crippen molar-refractivity contribution < 1.29 is 19.2 Å². The highest BCUT2D eigenvalue weighted by atomic mass is 79.9. The molecule has 0 saturated carbocycles. The van der Waals surface area contributed by atoms with Crippen molar-refractivity contribution in [2.24, 2.45) is 0 Å². The van der Waals surface area contributed by atoms with Crippen molar-refractivity contribution in [3.63, 3.8) is 0 Å². The lowest BCUT2D eigenvalue weighted by molar-refractivity contribution is -0.121. The third-order valence-corrected chi connectivity index (χ3v) is 7.78. The van der Waals surface area contributed by atoms with E-state index in [2.05, 4.69) is 63.7 Å². The molecule has 0 fully saturated rings. The number of carbonyl (C=O) groups excluding carboxylic acids is 4. The zero-order valence-electron chi connectivity index (χ0n) is 16.9. The summed E-state index contributed by atoms with van der Waals surface area (Å²) in [5, 5.41) is 0. The largest absolute Gasteiger partial charge is 0.269 e. The lowest BCUT2D eigenvalue weighted by atomic mass is 9.89. The Bertz CT molecular complexity index is 1120. The second kappa shape index (κ2) is 9.40. The zero-order chi connectivity index (χ0) is 24.0. The molecule has 0 aromatic heterocycles. The van der Waals surface area contributed by atoms with Gasteiger partial charge in [-0.3, -0.25) is 19.2 Å². The second-order valence-corrected chi connectivity index (χ2v) is 10.7. The van der Waals surface area contributed by atoms with Gasteiger partial charge in [-0.15, -0.1) is 0 Å². The summed E-state index contributed by atoms with van der Waals surface area (Å²) in [6, 6.07) is 7.56. The van der Waals surface area contributed by atoms with Gasteiger partial charge in [0.25, 0.3) is 23.6 Å². The fourth-order valence-corrected chi connectivity index (χ4v) is 7.06. The monoisotopic (exact) mass is 698 g/mol. The Morgan fingerprint density at radius 1 is 0.606 bits per heavy atom. The van der Waals surface area contributed by atoms with Crippen molar-refractivity contribution in [3.05, 3.63) is 77.6 Å². The van der Waals surface area contributed by atoms with Gasteiger partial charge in [0, 0.05) is 48.1 Å². The average molecular weight is 702 g/mol. The number of hydrogen-bond acceptors (Lipinski definition) is 4. The predicted molar refractivity (Wildman–Crippen MR) is 139 cm³/mol. The Kier molecular flexibility index (Phi) is 6.91. The molecule has 10 heteroatoms. The quantitative estimate of drug-likeness (QED) is 0.352. The van der Waals surface area contributed by atoms with Gasteiger partial charge >= 0.3 is 0 Å². The van der Waals surface area contributed by atoms with Gasteiger partial charge < -0.3 is 0 Å². The Morgan fingerprint density at radius 2 is 0.879 bits per heavy atom. The van der Waals surface area contributed by atoms with Gasteiger partial charge in [-0.2, -0.15) is 0 Å². The molecule has 2 heterocycles. The molecule has 0 bridgehead atoms. The highest BCUT2D eigenvalue weighted by molar-refractivity contribution is 9.11. The minimum absolute atomic E-state index is 0.0421. The number of rotatable bonds is 5. The number of nitrogens with zero attached hydrogens (tertiary/aromatic N) is 2. The van der Waals surface area contributed by atoms with Crippen LogP contribution in [0.15, 0.2) is 66.5 Å². The van der Waals surface area contributed by atoms with Crippen LogP contribution in [0.25, 0.3) is 0 Å². The summed E-state index contributed by atoms with van der Waals surface area (Å²) in [4.78, 5) is 50.9. The number of anilines is 2. The summed E-state index contributed by atoms with van der Waals surface area (Å²) in [6.45, 7) is 2.05. The number of imide groups is 2. The summed E-state index contributed by atoms with van der Waals surface area (Å²) in [5.41, 5.74) is 2.80. The maximum atomic E-state index is 12.2. The van der Waals surface area contributed by atoms with E-state index in [1.54, 1.807) is 0 Å². The topological polar surface area (TPSA) is 74.8 Å². The molecule has 0 N–H and O–H groups in total. The first-order valence-electron chi connectivity index (χ1n) is 9.74. The van der Waals surface area contributed by atoms with Crippen molar-refractivity contribution in [1.29, 1.82) is 0 Å². The molecular formula is C23H14Br4N2O4. The van der Waals surface area contributed by atoms with E-state index in [-0.39, 0.29) is 5.92 Å². The summed E-state index contributed by atoms with van der Waals surface area (Å²) >= 11 is 14.1. The van der Waals surface area contributed by atoms with Crippen LogP contribution in [0.3, 0.4) is 0 Å². The summed E-state index contributed by atoms with van der Waals surface area (Å²) < 4.78 is 2.41. The highest BCUT2D eigenvalue weighted by Gasteiger charge is 2.31. The molecule has 4 rings (SSSR count). The minimum Gasteiger partial charge on any atom is -0.269 e. The van der Waals surface area contributed by atoms with E-state index >= 15 is 0 Å². The molecule has 0 spiro atoms. The van der Waals surface area contributed by atoms with Crippen molar-refractivity contribution in [1.82, 2.24) is 0 Å². The average Bonchev–Trinajstić information content (AvgIpc) is 3.24. The smallest absolute Gasteiger partial charge is 0.258 e. The molecule has 6 nitrogen and oxygen atoms in total. The van der Waals surface area contributed by atoms with Gasteiger partial charge in [-0.05, 0) is 106 Å². The Hall–Kier alpha value is -1.88. The third-order valence-electron chi connectivity index (χ3n) is 5.36. The van der Waals surface area contributed by atoms with Crippen LogP contribution in [0.1, 0.15) is 30.4 Å². The molecule has 0 aliphatic carbocycles.